The van der Waals surface area contributed by atoms with Crippen molar-refractivity contribution in [3.05, 3.63) is 58.6 Å². The monoisotopic (exact) mass is 520 g/mol. The van der Waals surface area contributed by atoms with E-state index in [9.17, 15) is 19.6 Å². The lowest BCUT2D eigenvalue weighted by atomic mass is 9.99. The standard InChI is InChI=1S/C28H32N4O6/c1-27(2,3)38-26(35)32-12-13-36-28(4,17-32)24(33)30-21(16-29)14-18-6-8-19(9-7-18)20-10-11-23-22(15-20)31(5)25(34)37-23/h6-11,15,21H,12-14,17H2,1-5H3,(H,30,33)/t21-,28?/m0/s1. The van der Waals surface area contributed by atoms with Crippen LogP contribution >= 0.6 is 0 Å². The van der Waals surface area contributed by atoms with Crippen LogP contribution in [0.2, 0.25) is 0 Å². The number of ether oxygens (including phenoxy) is 2. The van der Waals surface area contributed by atoms with Crippen molar-refractivity contribution >= 4 is 23.1 Å². The fourth-order valence-electron chi connectivity index (χ4n) is 4.30. The number of hydrogen-bond donors (Lipinski definition) is 1. The highest BCUT2D eigenvalue weighted by Crippen LogP contribution is 2.25. The minimum atomic E-state index is -1.31. The Labute approximate surface area is 220 Å². The summed E-state index contributed by atoms with van der Waals surface area (Å²) >= 11 is 0. The third kappa shape index (κ3) is 5.89. The predicted octanol–water partition coefficient (Wildman–Crippen LogP) is 3.38. The van der Waals surface area contributed by atoms with Crippen LogP contribution in [0.3, 0.4) is 0 Å². The number of aromatic nitrogens is 1. The zero-order chi connectivity index (χ0) is 27.7. The molecule has 3 aromatic rings. The van der Waals surface area contributed by atoms with E-state index in [0.717, 1.165) is 16.7 Å². The summed E-state index contributed by atoms with van der Waals surface area (Å²) in [5.74, 6) is -0.880. The maximum Gasteiger partial charge on any atom is 0.419 e. The fourth-order valence-corrected chi connectivity index (χ4v) is 4.30. The summed E-state index contributed by atoms with van der Waals surface area (Å²) in [5.41, 5.74) is 1.99. The normalized spacial score (nSPS) is 18.6. The van der Waals surface area contributed by atoms with E-state index in [4.69, 9.17) is 13.9 Å². The van der Waals surface area contributed by atoms with E-state index in [1.165, 1.54) is 9.47 Å². The van der Waals surface area contributed by atoms with E-state index in [2.05, 4.69) is 11.4 Å². The van der Waals surface area contributed by atoms with Crippen LogP contribution in [-0.2, 0) is 27.7 Å². The second kappa shape index (κ2) is 10.3. The van der Waals surface area contributed by atoms with Crippen LogP contribution in [0, 0.1) is 11.3 Å². The molecule has 2 amide bonds. The summed E-state index contributed by atoms with van der Waals surface area (Å²) in [6, 6.07) is 14.5. The number of fused-ring (bicyclic) bond motifs is 1. The van der Waals surface area contributed by atoms with E-state index >= 15 is 0 Å². The molecule has 2 aromatic carbocycles. The largest absolute Gasteiger partial charge is 0.444 e. The Morgan fingerprint density at radius 1 is 1.18 bits per heavy atom. The molecule has 200 valence electrons. The Kier molecular flexibility index (Phi) is 7.33. The molecular formula is C28H32N4O6. The van der Waals surface area contributed by atoms with Crippen molar-refractivity contribution in [2.24, 2.45) is 7.05 Å². The molecule has 0 saturated carbocycles. The molecule has 0 spiro atoms. The number of aryl methyl sites for hydroxylation is 1. The molecule has 1 aliphatic rings. The minimum Gasteiger partial charge on any atom is -0.444 e. The molecule has 2 heterocycles. The fraction of sp³-hybridized carbons (Fsp3) is 0.429. The van der Waals surface area contributed by atoms with Crippen molar-refractivity contribution in [1.82, 2.24) is 14.8 Å². The summed E-state index contributed by atoms with van der Waals surface area (Å²) in [6.07, 6.45) is -0.213. The number of nitrogens with one attached hydrogen (secondary N) is 1. The van der Waals surface area contributed by atoms with Crippen molar-refractivity contribution in [3.63, 3.8) is 0 Å². The molecule has 1 fully saturated rings. The lowest BCUT2D eigenvalue weighted by Gasteiger charge is -2.39. The van der Waals surface area contributed by atoms with E-state index in [-0.39, 0.29) is 13.2 Å². The van der Waals surface area contributed by atoms with Gasteiger partial charge in [-0.05, 0) is 56.5 Å². The highest BCUT2D eigenvalue weighted by Gasteiger charge is 2.42. The number of carbonyl (C=O) groups is 2. The molecule has 38 heavy (non-hydrogen) atoms. The average molecular weight is 521 g/mol. The maximum absolute atomic E-state index is 13.1. The molecule has 1 saturated heterocycles. The number of nitrogens with zero attached hydrogens (tertiary/aromatic N) is 3. The summed E-state index contributed by atoms with van der Waals surface area (Å²) in [7, 11) is 1.66. The van der Waals surface area contributed by atoms with Crippen LogP contribution in [0.15, 0.2) is 51.7 Å². The molecular weight excluding hydrogens is 488 g/mol. The van der Waals surface area contributed by atoms with Gasteiger partial charge in [-0.25, -0.2) is 9.59 Å². The van der Waals surface area contributed by atoms with E-state index < -0.39 is 35.0 Å². The van der Waals surface area contributed by atoms with Crippen LogP contribution in [-0.4, -0.2) is 58.4 Å². The quantitative estimate of drug-likeness (QED) is 0.546. The first kappa shape index (κ1) is 26.9. The summed E-state index contributed by atoms with van der Waals surface area (Å²) in [4.78, 5) is 38.8. The van der Waals surface area contributed by atoms with Gasteiger partial charge in [0.1, 0.15) is 11.6 Å². The molecule has 1 aliphatic heterocycles. The highest BCUT2D eigenvalue weighted by atomic mass is 16.6. The van der Waals surface area contributed by atoms with Gasteiger partial charge in [0.2, 0.25) is 0 Å². The Hall–Kier alpha value is -4.10. The first-order valence-corrected chi connectivity index (χ1v) is 12.4. The van der Waals surface area contributed by atoms with Crippen LogP contribution < -0.4 is 11.1 Å². The molecule has 0 radical (unpaired) electrons. The Morgan fingerprint density at radius 2 is 1.87 bits per heavy atom. The zero-order valence-corrected chi connectivity index (χ0v) is 22.2. The van der Waals surface area contributed by atoms with E-state index in [0.29, 0.717) is 24.1 Å². The van der Waals surface area contributed by atoms with Crippen molar-refractivity contribution < 1.29 is 23.5 Å². The smallest absolute Gasteiger partial charge is 0.419 e. The lowest BCUT2D eigenvalue weighted by Crippen LogP contribution is -2.61. The van der Waals surface area contributed by atoms with Gasteiger partial charge in [-0.1, -0.05) is 30.3 Å². The average Bonchev–Trinajstić information content (AvgIpc) is 3.15. The molecule has 4 rings (SSSR count). The van der Waals surface area contributed by atoms with Gasteiger partial charge >= 0.3 is 11.8 Å². The number of amides is 2. The molecule has 1 aromatic heterocycles. The Balaban J connectivity index is 1.41. The van der Waals surface area contributed by atoms with Gasteiger partial charge in [0.25, 0.3) is 5.91 Å². The van der Waals surface area contributed by atoms with Crippen LogP contribution in [0.1, 0.15) is 33.3 Å². The number of nitriles is 1. The predicted molar refractivity (Wildman–Crippen MR) is 140 cm³/mol. The van der Waals surface area contributed by atoms with Crippen LogP contribution in [0.5, 0.6) is 0 Å². The van der Waals surface area contributed by atoms with Gasteiger partial charge in [-0.15, -0.1) is 0 Å². The van der Waals surface area contributed by atoms with Gasteiger partial charge < -0.3 is 24.1 Å². The topological polar surface area (TPSA) is 127 Å². The zero-order valence-electron chi connectivity index (χ0n) is 22.2. The molecule has 10 heteroatoms. The first-order valence-electron chi connectivity index (χ1n) is 12.4. The second-order valence-corrected chi connectivity index (χ2v) is 10.6. The van der Waals surface area contributed by atoms with Crippen LogP contribution in [0.4, 0.5) is 4.79 Å². The number of carbonyl (C=O) groups excluding carboxylic acids is 2. The molecule has 10 nitrogen and oxygen atoms in total. The Bertz CT molecular complexity index is 1440. The third-order valence-corrected chi connectivity index (χ3v) is 6.39. The van der Waals surface area contributed by atoms with Crippen molar-refractivity contribution in [2.45, 2.75) is 51.4 Å². The van der Waals surface area contributed by atoms with Crippen molar-refractivity contribution in [2.75, 3.05) is 19.7 Å². The Morgan fingerprint density at radius 3 is 2.53 bits per heavy atom. The van der Waals surface area contributed by atoms with Crippen molar-refractivity contribution in [1.29, 1.82) is 5.26 Å². The lowest BCUT2D eigenvalue weighted by molar-refractivity contribution is -0.155. The van der Waals surface area contributed by atoms with Gasteiger partial charge in [0, 0.05) is 20.0 Å². The van der Waals surface area contributed by atoms with Crippen molar-refractivity contribution in [3.8, 4) is 17.2 Å². The van der Waals surface area contributed by atoms with Gasteiger partial charge in [-0.3, -0.25) is 9.36 Å². The summed E-state index contributed by atoms with van der Waals surface area (Å²) < 4.78 is 17.8. The molecule has 1 N–H and O–H groups in total. The van der Waals surface area contributed by atoms with Gasteiger partial charge in [0.15, 0.2) is 11.2 Å². The van der Waals surface area contributed by atoms with Gasteiger partial charge in [-0.2, -0.15) is 5.26 Å². The number of morpholine rings is 1. The SMILES string of the molecule is Cn1c(=O)oc2ccc(-c3ccc(C[C@@H](C#N)NC(=O)C4(C)CN(C(=O)OC(C)(C)C)CCO4)cc3)cc21. The van der Waals surface area contributed by atoms with E-state index in [1.807, 2.05) is 36.4 Å². The number of oxazole rings is 1. The number of hydrogen-bond acceptors (Lipinski definition) is 7. The third-order valence-electron chi connectivity index (χ3n) is 6.39. The molecule has 2 atom stereocenters. The number of benzene rings is 2. The number of rotatable bonds is 5. The maximum atomic E-state index is 13.1. The first-order chi connectivity index (χ1) is 17.9. The summed E-state index contributed by atoms with van der Waals surface area (Å²) in [6.45, 7) is 7.46. The van der Waals surface area contributed by atoms with E-state index in [1.54, 1.807) is 40.8 Å². The molecule has 1 unspecified atom stereocenters. The molecule has 0 bridgehead atoms. The molecule has 0 aliphatic carbocycles. The highest BCUT2D eigenvalue weighted by molar-refractivity contribution is 5.86. The minimum absolute atomic E-state index is 0.0210. The van der Waals surface area contributed by atoms with Crippen LogP contribution in [0.25, 0.3) is 22.2 Å². The van der Waals surface area contributed by atoms with Gasteiger partial charge in [0.05, 0.1) is 24.7 Å². The second-order valence-electron chi connectivity index (χ2n) is 10.6. The summed E-state index contributed by atoms with van der Waals surface area (Å²) in [5, 5.41) is 12.5.